The highest BCUT2D eigenvalue weighted by Gasteiger charge is 2.11. The summed E-state index contributed by atoms with van der Waals surface area (Å²) in [5.74, 6) is 0.398. The molecule has 0 aliphatic carbocycles. The van der Waals surface area contributed by atoms with Gasteiger partial charge >= 0.3 is 0 Å². The van der Waals surface area contributed by atoms with Crippen molar-refractivity contribution in [3.63, 3.8) is 0 Å². The molecule has 1 atom stereocenters. The first-order chi connectivity index (χ1) is 10.1. The third-order valence-electron chi connectivity index (χ3n) is 3.24. The van der Waals surface area contributed by atoms with Gasteiger partial charge in [0.2, 0.25) is 0 Å². The van der Waals surface area contributed by atoms with E-state index in [1.165, 1.54) is 0 Å². The van der Waals surface area contributed by atoms with Crippen molar-refractivity contribution >= 4 is 39.0 Å². The standard InChI is InChI=1S/C16H13ClN2OS/c17-12-5-6-16(14(18)9-12)21(20)10-11-7-8-19-15-4-2-1-3-13(11)15/h1-9H,10,18H2. The van der Waals surface area contributed by atoms with Gasteiger partial charge in [-0.1, -0.05) is 29.8 Å². The molecule has 0 spiro atoms. The van der Waals surface area contributed by atoms with E-state index in [-0.39, 0.29) is 0 Å². The van der Waals surface area contributed by atoms with Crippen molar-refractivity contribution in [3.8, 4) is 0 Å². The number of pyridine rings is 1. The first-order valence-electron chi connectivity index (χ1n) is 6.41. The van der Waals surface area contributed by atoms with Gasteiger partial charge in [-0.05, 0) is 35.9 Å². The van der Waals surface area contributed by atoms with E-state index >= 15 is 0 Å². The lowest BCUT2D eigenvalue weighted by atomic mass is 10.1. The van der Waals surface area contributed by atoms with Crippen LogP contribution in [-0.4, -0.2) is 9.19 Å². The van der Waals surface area contributed by atoms with Crippen molar-refractivity contribution < 1.29 is 4.21 Å². The van der Waals surface area contributed by atoms with Gasteiger partial charge in [0.05, 0.1) is 27.0 Å². The summed E-state index contributed by atoms with van der Waals surface area (Å²) in [6, 6.07) is 14.8. The lowest BCUT2D eigenvalue weighted by Crippen LogP contribution is -2.01. The number of hydrogen-bond donors (Lipinski definition) is 1. The van der Waals surface area contributed by atoms with E-state index in [4.69, 9.17) is 17.3 Å². The summed E-state index contributed by atoms with van der Waals surface area (Å²) in [5, 5.41) is 1.56. The number of halogens is 1. The van der Waals surface area contributed by atoms with Gasteiger partial charge < -0.3 is 5.73 Å². The minimum Gasteiger partial charge on any atom is -0.398 e. The number of nitrogen functional groups attached to an aromatic ring is 1. The molecular formula is C16H13ClN2OS. The molecule has 1 aromatic heterocycles. The minimum absolute atomic E-state index is 0.398. The maximum Gasteiger partial charge on any atom is 0.0705 e. The number of nitrogens with two attached hydrogens (primary N) is 1. The summed E-state index contributed by atoms with van der Waals surface area (Å²) in [6.07, 6.45) is 1.74. The average molecular weight is 317 g/mol. The Morgan fingerprint density at radius 2 is 1.95 bits per heavy atom. The summed E-state index contributed by atoms with van der Waals surface area (Å²) in [4.78, 5) is 4.92. The largest absolute Gasteiger partial charge is 0.398 e. The van der Waals surface area contributed by atoms with E-state index in [0.717, 1.165) is 16.5 Å². The monoisotopic (exact) mass is 316 g/mol. The molecule has 1 unspecified atom stereocenters. The van der Waals surface area contributed by atoms with Crippen LogP contribution < -0.4 is 5.73 Å². The van der Waals surface area contributed by atoms with E-state index in [0.29, 0.717) is 21.4 Å². The Hall–Kier alpha value is -1.91. The van der Waals surface area contributed by atoms with Crippen LogP contribution >= 0.6 is 11.6 Å². The van der Waals surface area contributed by atoms with Crippen LogP contribution in [0.5, 0.6) is 0 Å². The van der Waals surface area contributed by atoms with Crippen LogP contribution in [0.1, 0.15) is 5.56 Å². The molecule has 0 aliphatic rings. The molecule has 0 saturated carbocycles. The third kappa shape index (κ3) is 2.91. The predicted octanol–water partition coefficient (Wildman–Crippen LogP) is 3.78. The number of rotatable bonds is 3. The molecule has 0 amide bonds. The maximum atomic E-state index is 12.6. The van der Waals surface area contributed by atoms with Gasteiger partial charge in [0.25, 0.3) is 0 Å². The number of aromatic nitrogens is 1. The topological polar surface area (TPSA) is 56.0 Å². The lowest BCUT2D eigenvalue weighted by Gasteiger charge is -2.08. The zero-order valence-electron chi connectivity index (χ0n) is 11.1. The van der Waals surface area contributed by atoms with Gasteiger partial charge in [0, 0.05) is 22.3 Å². The number of hydrogen-bond acceptors (Lipinski definition) is 3. The summed E-state index contributed by atoms with van der Waals surface area (Å²) in [6.45, 7) is 0. The predicted molar refractivity (Wildman–Crippen MR) is 87.7 cm³/mol. The van der Waals surface area contributed by atoms with Crippen LogP contribution in [0.25, 0.3) is 10.9 Å². The molecule has 21 heavy (non-hydrogen) atoms. The van der Waals surface area contributed by atoms with E-state index in [9.17, 15) is 4.21 Å². The molecule has 3 rings (SSSR count). The highest BCUT2D eigenvalue weighted by molar-refractivity contribution is 7.84. The van der Waals surface area contributed by atoms with Crippen LogP contribution in [0.15, 0.2) is 59.6 Å². The average Bonchev–Trinajstić information content (AvgIpc) is 2.47. The quantitative estimate of drug-likeness (QED) is 0.748. The number of anilines is 1. The molecule has 5 heteroatoms. The smallest absolute Gasteiger partial charge is 0.0705 e. The summed E-state index contributed by atoms with van der Waals surface area (Å²) < 4.78 is 12.6. The van der Waals surface area contributed by atoms with Crippen LogP contribution in [0.3, 0.4) is 0 Å². The Balaban J connectivity index is 1.97. The van der Waals surface area contributed by atoms with Crippen LogP contribution in [-0.2, 0) is 16.6 Å². The first kappa shape index (κ1) is 14.0. The number of benzene rings is 2. The third-order valence-corrected chi connectivity index (χ3v) is 4.91. The van der Waals surface area contributed by atoms with E-state index in [1.807, 2.05) is 30.3 Å². The second-order valence-corrected chi connectivity index (χ2v) is 6.52. The van der Waals surface area contributed by atoms with Crippen molar-refractivity contribution in [1.29, 1.82) is 0 Å². The zero-order chi connectivity index (χ0) is 14.8. The van der Waals surface area contributed by atoms with Crippen LogP contribution in [0, 0.1) is 0 Å². The molecule has 0 saturated heterocycles. The SMILES string of the molecule is Nc1cc(Cl)ccc1S(=O)Cc1ccnc2ccccc12. The molecule has 0 fully saturated rings. The number of fused-ring (bicyclic) bond motifs is 1. The van der Waals surface area contributed by atoms with Crippen molar-refractivity contribution in [3.05, 3.63) is 65.3 Å². The molecule has 3 aromatic rings. The Morgan fingerprint density at radius 3 is 2.76 bits per heavy atom. The van der Waals surface area contributed by atoms with Crippen molar-refractivity contribution in [1.82, 2.24) is 4.98 Å². The van der Waals surface area contributed by atoms with Crippen LogP contribution in [0.2, 0.25) is 5.02 Å². The molecule has 3 nitrogen and oxygen atoms in total. The fraction of sp³-hybridized carbons (Fsp3) is 0.0625. The highest BCUT2D eigenvalue weighted by atomic mass is 35.5. The summed E-state index contributed by atoms with van der Waals surface area (Å²) in [5.41, 5.74) is 8.25. The Morgan fingerprint density at radius 1 is 1.14 bits per heavy atom. The Kier molecular flexibility index (Phi) is 3.90. The van der Waals surface area contributed by atoms with E-state index < -0.39 is 10.8 Å². The zero-order valence-corrected chi connectivity index (χ0v) is 12.7. The van der Waals surface area contributed by atoms with Crippen molar-refractivity contribution in [2.45, 2.75) is 10.6 Å². The molecule has 2 N–H and O–H groups in total. The summed E-state index contributed by atoms with van der Waals surface area (Å²) in [7, 11) is -1.22. The van der Waals surface area contributed by atoms with Crippen molar-refractivity contribution in [2.24, 2.45) is 0 Å². The van der Waals surface area contributed by atoms with Gasteiger partial charge in [-0.2, -0.15) is 0 Å². The second kappa shape index (κ2) is 5.84. The maximum absolute atomic E-state index is 12.6. The molecule has 1 heterocycles. The summed E-state index contributed by atoms with van der Waals surface area (Å²) >= 11 is 5.87. The first-order valence-corrected chi connectivity index (χ1v) is 8.11. The van der Waals surface area contributed by atoms with Crippen LogP contribution in [0.4, 0.5) is 5.69 Å². The normalized spacial score (nSPS) is 12.4. The molecular weight excluding hydrogens is 304 g/mol. The van der Waals surface area contributed by atoms with Crippen molar-refractivity contribution in [2.75, 3.05) is 5.73 Å². The molecule has 106 valence electrons. The fourth-order valence-electron chi connectivity index (χ4n) is 2.23. The van der Waals surface area contributed by atoms with Gasteiger partial charge in [-0.3, -0.25) is 9.19 Å². The van der Waals surface area contributed by atoms with Gasteiger partial charge in [0.15, 0.2) is 0 Å². The second-order valence-electron chi connectivity index (χ2n) is 4.66. The van der Waals surface area contributed by atoms with E-state index in [2.05, 4.69) is 4.98 Å². The molecule has 0 aliphatic heterocycles. The minimum atomic E-state index is -1.22. The lowest BCUT2D eigenvalue weighted by molar-refractivity contribution is 0.683. The van der Waals surface area contributed by atoms with Gasteiger partial charge in [-0.15, -0.1) is 0 Å². The fourth-order valence-corrected chi connectivity index (χ4v) is 3.64. The van der Waals surface area contributed by atoms with Gasteiger partial charge in [-0.25, -0.2) is 0 Å². The van der Waals surface area contributed by atoms with Gasteiger partial charge in [0.1, 0.15) is 0 Å². The molecule has 0 bridgehead atoms. The van der Waals surface area contributed by atoms with E-state index in [1.54, 1.807) is 24.4 Å². The Labute approximate surface area is 130 Å². The number of para-hydroxylation sites is 1. The highest BCUT2D eigenvalue weighted by Crippen LogP contribution is 2.25. The molecule has 0 radical (unpaired) electrons. The number of nitrogens with zero attached hydrogens (tertiary/aromatic N) is 1. The Bertz CT molecular complexity index is 830. The molecule has 2 aromatic carbocycles.